The smallest absolute Gasteiger partial charge is 0.220 e. The summed E-state index contributed by atoms with van der Waals surface area (Å²) < 4.78 is 0. The summed E-state index contributed by atoms with van der Waals surface area (Å²) >= 11 is 0. The molecule has 1 heterocycles. The molecule has 2 fully saturated rings. The highest BCUT2D eigenvalue weighted by molar-refractivity contribution is 5.83. The minimum atomic E-state index is 0.117. The van der Waals surface area contributed by atoms with Gasteiger partial charge in [0, 0.05) is 25.3 Å². The van der Waals surface area contributed by atoms with Crippen molar-refractivity contribution in [3.63, 3.8) is 0 Å². The van der Waals surface area contributed by atoms with Gasteiger partial charge in [-0.1, -0.05) is 0 Å². The quantitative estimate of drug-likeness (QED) is 0.575. The van der Waals surface area contributed by atoms with Gasteiger partial charge in [0.2, 0.25) is 5.91 Å². The van der Waals surface area contributed by atoms with Crippen LogP contribution in [0, 0.1) is 5.92 Å². The van der Waals surface area contributed by atoms with E-state index in [1.54, 1.807) is 0 Å². The Hall–Kier alpha value is -0.860. The number of hydrogen-bond acceptors (Lipinski definition) is 2. The zero-order valence-electron chi connectivity index (χ0n) is 7.01. The van der Waals surface area contributed by atoms with Gasteiger partial charge in [0.25, 0.3) is 0 Å². The van der Waals surface area contributed by atoms with Crippen molar-refractivity contribution in [2.75, 3.05) is 0 Å². The Morgan fingerprint density at radius 3 is 2.75 bits per heavy atom. The Balaban J connectivity index is 2.03. The molecule has 0 spiro atoms. The number of amides is 1. The molecule has 0 aromatic heterocycles. The van der Waals surface area contributed by atoms with Gasteiger partial charge in [-0.2, -0.15) is 0 Å². The molecule has 1 aliphatic carbocycles. The van der Waals surface area contributed by atoms with Crippen LogP contribution in [-0.2, 0) is 9.59 Å². The van der Waals surface area contributed by atoms with Gasteiger partial charge in [0.05, 0.1) is 0 Å². The summed E-state index contributed by atoms with van der Waals surface area (Å²) in [5, 5.41) is 2.89. The molecular formula is C9H13NO2. The number of carbonyl (C=O) groups excluding carboxylic acids is 2. The van der Waals surface area contributed by atoms with Crippen LogP contribution in [0.3, 0.4) is 0 Å². The maximum atomic E-state index is 11.1. The van der Waals surface area contributed by atoms with E-state index in [1.165, 1.54) is 0 Å². The van der Waals surface area contributed by atoms with Crippen LogP contribution in [0.1, 0.15) is 32.1 Å². The van der Waals surface area contributed by atoms with E-state index in [2.05, 4.69) is 5.32 Å². The summed E-state index contributed by atoms with van der Waals surface area (Å²) in [4.78, 5) is 22.1. The number of ketones is 1. The van der Waals surface area contributed by atoms with Gasteiger partial charge in [-0.15, -0.1) is 0 Å². The molecule has 3 nitrogen and oxygen atoms in total. The van der Waals surface area contributed by atoms with Crippen molar-refractivity contribution in [2.24, 2.45) is 5.92 Å². The highest BCUT2D eigenvalue weighted by Gasteiger charge is 2.33. The minimum absolute atomic E-state index is 0.117. The average Bonchev–Trinajstić information content (AvgIpc) is 2.03. The Kier molecular flexibility index (Phi) is 1.87. The average molecular weight is 167 g/mol. The third-order valence-corrected chi connectivity index (χ3v) is 2.90. The zero-order chi connectivity index (χ0) is 8.55. The number of nitrogens with one attached hydrogen (secondary N) is 1. The Morgan fingerprint density at radius 1 is 1.17 bits per heavy atom. The fourth-order valence-corrected chi connectivity index (χ4v) is 2.17. The van der Waals surface area contributed by atoms with Crippen molar-refractivity contribution in [1.29, 1.82) is 0 Å². The van der Waals surface area contributed by atoms with E-state index in [1.807, 2.05) is 0 Å². The van der Waals surface area contributed by atoms with Gasteiger partial charge in [0.15, 0.2) is 0 Å². The number of Topliss-reactive ketones (excluding diaryl/α,β-unsaturated/α-hetero) is 1. The number of piperidine rings is 1. The summed E-state index contributed by atoms with van der Waals surface area (Å²) in [6.45, 7) is 0. The third-order valence-electron chi connectivity index (χ3n) is 2.90. The van der Waals surface area contributed by atoms with E-state index in [-0.39, 0.29) is 11.9 Å². The van der Waals surface area contributed by atoms with Crippen LogP contribution in [0.4, 0.5) is 0 Å². The second kappa shape index (κ2) is 2.88. The largest absolute Gasteiger partial charge is 0.353 e. The second-order valence-electron chi connectivity index (χ2n) is 3.75. The van der Waals surface area contributed by atoms with Crippen molar-refractivity contribution < 1.29 is 9.59 Å². The molecule has 2 aliphatic rings. The van der Waals surface area contributed by atoms with E-state index >= 15 is 0 Å². The molecule has 2 rings (SSSR count). The molecule has 0 aromatic carbocycles. The van der Waals surface area contributed by atoms with Crippen molar-refractivity contribution in [2.45, 2.75) is 38.1 Å². The van der Waals surface area contributed by atoms with Crippen LogP contribution < -0.4 is 5.32 Å². The lowest BCUT2D eigenvalue weighted by molar-refractivity contribution is -0.127. The van der Waals surface area contributed by atoms with Crippen molar-refractivity contribution >= 4 is 11.7 Å². The molecule has 1 N–H and O–H groups in total. The van der Waals surface area contributed by atoms with Crippen LogP contribution in [0.25, 0.3) is 0 Å². The maximum Gasteiger partial charge on any atom is 0.220 e. The van der Waals surface area contributed by atoms with Crippen LogP contribution in [0.5, 0.6) is 0 Å². The van der Waals surface area contributed by atoms with Gasteiger partial charge < -0.3 is 5.32 Å². The molecule has 1 saturated heterocycles. The monoisotopic (exact) mass is 167 g/mol. The number of hydrogen-bond donors (Lipinski definition) is 1. The Labute approximate surface area is 71.5 Å². The van der Waals surface area contributed by atoms with E-state index in [9.17, 15) is 9.59 Å². The number of carbonyl (C=O) groups is 2. The Morgan fingerprint density at radius 2 is 1.92 bits per heavy atom. The van der Waals surface area contributed by atoms with E-state index in [4.69, 9.17) is 0 Å². The van der Waals surface area contributed by atoms with E-state index < -0.39 is 0 Å². The molecule has 3 heteroatoms. The highest BCUT2D eigenvalue weighted by Crippen LogP contribution is 2.28. The number of fused-ring (bicyclic) bond motifs is 1. The fraction of sp³-hybridized carbons (Fsp3) is 0.778. The van der Waals surface area contributed by atoms with Crippen molar-refractivity contribution in [3.05, 3.63) is 0 Å². The molecule has 66 valence electrons. The van der Waals surface area contributed by atoms with Crippen molar-refractivity contribution in [3.8, 4) is 0 Å². The van der Waals surface area contributed by atoms with Gasteiger partial charge in [-0.05, 0) is 18.8 Å². The molecule has 1 amide bonds. The summed E-state index contributed by atoms with van der Waals surface area (Å²) in [7, 11) is 0. The number of rotatable bonds is 0. The summed E-state index contributed by atoms with van der Waals surface area (Å²) in [6.07, 6.45) is 3.89. The molecule has 2 atom stereocenters. The lowest BCUT2D eigenvalue weighted by atomic mass is 9.79. The lowest BCUT2D eigenvalue weighted by Gasteiger charge is -2.35. The molecule has 1 saturated carbocycles. The Bertz CT molecular complexity index is 203. The molecule has 0 aromatic rings. The zero-order valence-corrected chi connectivity index (χ0v) is 7.01. The summed E-state index contributed by atoms with van der Waals surface area (Å²) in [5.41, 5.74) is 0. The van der Waals surface area contributed by atoms with E-state index in [0.717, 1.165) is 19.3 Å². The van der Waals surface area contributed by atoms with Gasteiger partial charge >= 0.3 is 0 Å². The summed E-state index contributed by atoms with van der Waals surface area (Å²) in [5.74, 6) is 0.991. The first-order chi connectivity index (χ1) is 5.75. The third kappa shape index (κ3) is 1.36. The first-order valence-electron chi connectivity index (χ1n) is 4.57. The fourth-order valence-electron chi connectivity index (χ4n) is 2.17. The molecule has 0 bridgehead atoms. The molecule has 0 radical (unpaired) electrons. The van der Waals surface area contributed by atoms with E-state index in [0.29, 0.717) is 24.5 Å². The molecule has 2 unspecified atom stereocenters. The van der Waals surface area contributed by atoms with Crippen molar-refractivity contribution in [1.82, 2.24) is 5.32 Å². The topological polar surface area (TPSA) is 46.2 Å². The highest BCUT2D eigenvalue weighted by atomic mass is 16.2. The van der Waals surface area contributed by atoms with Gasteiger partial charge in [-0.25, -0.2) is 0 Å². The van der Waals surface area contributed by atoms with Gasteiger partial charge in [0.1, 0.15) is 5.78 Å². The predicted octanol–water partition coefficient (Wildman–Crippen LogP) is 0.634. The predicted molar refractivity (Wildman–Crippen MR) is 43.5 cm³/mol. The maximum absolute atomic E-state index is 11.1. The summed E-state index contributed by atoms with van der Waals surface area (Å²) in [6, 6.07) is 0.160. The standard InChI is InChI=1S/C9H13NO2/c11-7-3-1-6-2-4-9(12)10-8(6)5-7/h6,8H,1-5H2,(H,10,12). The molecule has 1 aliphatic heterocycles. The normalized spacial score (nSPS) is 35.7. The lowest BCUT2D eigenvalue weighted by Crippen LogP contribution is -2.48. The SMILES string of the molecule is O=C1CCC2CCC(=O)NC2C1. The van der Waals surface area contributed by atoms with Crippen LogP contribution in [0.15, 0.2) is 0 Å². The first kappa shape index (κ1) is 7.77. The minimum Gasteiger partial charge on any atom is -0.353 e. The van der Waals surface area contributed by atoms with Crippen LogP contribution in [-0.4, -0.2) is 17.7 Å². The van der Waals surface area contributed by atoms with Crippen LogP contribution in [0.2, 0.25) is 0 Å². The molecule has 12 heavy (non-hydrogen) atoms. The van der Waals surface area contributed by atoms with Crippen LogP contribution >= 0.6 is 0 Å². The van der Waals surface area contributed by atoms with Gasteiger partial charge in [-0.3, -0.25) is 9.59 Å². The second-order valence-corrected chi connectivity index (χ2v) is 3.75. The first-order valence-corrected chi connectivity index (χ1v) is 4.57. The molecular weight excluding hydrogens is 154 g/mol.